The maximum Gasteiger partial charge on any atom is 0.263 e. The van der Waals surface area contributed by atoms with E-state index >= 15 is 0 Å². The molecule has 4 aromatic heterocycles. The number of fused-ring (bicyclic) bond motifs is 1. The number of nitriles is 1. The lowest BCUT2D eigenvalue weighted by Gasteiger charge is -2.12. The molecule has 0 aliphatic rings. The van der Waals surface area contributed by atoms with Crippen LogP contribution in [0, 0.1) is 11.3 Å². The fourth-order valence-electron chi connectivity index (χ4n) is 2.80. The second kappa shape index (κ2) is 7.21. The van der Waals surface area contributed by atoms with E-state index < -0.39 is 10.0 Å². The van der Waals surface area contributed by atoms with Crippen molar-refractivity contribution in [3.8, 4) is 23.1 Å². The molecule has 9 nitrogen and oxygen atoms in total. The molecule has 0 aliphatic carbocycles. The zero-order chi connectivity index (χ0) is 20.4. The molecule has 0 aliphatic heterocycles. The molecule has 0 saturated heterocycles. The van der Waals surface area contributed by atoms with Crippen LogP contribution in [0.25, 0.3) is 16.6 Å². The second-order valence-electron chi connectivity index (χ2n) is 5.99. The monoisotopic (exact) mass is 406 g/mol. The highest BCUT2D eigenvalue weighted by Gasteiger charge is 2.18. The number of hydrogen-bond donors (Lipinski definition) is 1. The predicted molar refractivity (Wildman–Crippen MR) is 105 cm³/mol. The first-order valence-electron chi connectivity index (χ1n) is 8.36. The summed E-state index contributed by atoms with van der Waals surface area (Å²) in [7, 11) is -2.47. The van der Waals surface area contributed by atoms with Crippen LogP contribution in [0.3, 0.4) is 0 Å². The molecule has 0 aromatic carbocycles. The Kier molecular flexibility index (Phi) is 4.58. The average molecular weight is 406 g/mol. The van der Waals surface area contributed by atoms with Gasteiger partial charge in [0.05, 0.1) is 24.4 Å². The van der Waals surface area contributed by atoms with Gasteiger partial charge in [0.2, 0.25) is 5.88 Å². The molecular weight excluding hydrogens is 392 g/mol. The van der Waals surface area contributed by atoms with Gasteiger partial charge in [0, 0.05) is 30.4 Å². The highest BCUT2D eigenvalue weighted by Crippen LogP contribution is 2.30. The number of sulfonamides is 1. The number of methoxy groups -OCH3 is 1. The van der Waals surface area contributed by atoms with Gasteiger partial charge in [-0.25, -0.2) is 17.9 Å². The van der Waals surface area contributed by atoms with Crippen molar-refractivity contribution in [2.45, 2.75) is 4.90 Å². The lowest BCUT2D eigenvalue weighted by molar-refractivity contribution is 0.400. The van der Waals surface area contributed by atoms with Crippen LogP contribution in [0.15, 0.2) is 66.2 Å². The van der Waals surface area contributed by atoms with Gasteiger partial charge in [-0.15, -0.1) is 0 Å². The first-order valence-corrected chi connectivity index (χ1v) is 9.85. The second-order valence-corrected chi connectivity index (χ2v) is 7.67. The molecule has 0 fully saturated rings. The van der Waals surface area contributed by atoms with Gasteiger partial charge in [-0.1, -0.05) is 0 Å². The summed E-state index contributed by atoms with van der Waals surface area (Å²) in [4.78, 5) is 8.07. The zero-order valence-electron chi connectivity index (χ0n) is 15.1. The van der Waals surface area contributed by atoms with Gasteiger partial charge < -0.3 is 4.74 Å². The van der Waals surface area contributed by atoms with E-state index in [2.05, 4.69) is 25.9 Å². The summed E-state index contributed by atoms with van der Waals surface area (Å²) in [6.45, 7) is 0. The molecule has 0 spiro atoms. The van der Waals surface area contributed by atoms with Crippen molar-refractivity contribution in [2.75, 3.05) is 11.8 Å². The number of rotatable bonds is 5. The maximum atomic E-state index is 12.7. The lowest BCUT2D eigenvalue weighted by atomic mass is 10.1. The highest BCUT2D eigenvalue weighted by atomic mass is 32.2. The molecule has 0 saturated carbocycles. The topological polar surface area (TPSA) is 122 Å². The maximum absolute atomic E-state index is 12.7. The SMILES string of the molecule is COc1ncc(-c2ccn3ncc(C#N)c3c2)cc1NS(=O)(=O)c1cccnc1. The summed E-state index contributed by atoms with van der Waals surface area (Å²) >= 11 is 0. The van der Waals surface area contributed by atoms with Crippen LogP contribution < -0.4 is 9.46 Å². The van der Waals surface area contributed by atoms with E-state index in [1.165, 1.54) is 37.8 Å². The Morgan fingerprint density at radius 3 is 2.76 bits per heavy atom. The molecule has 4 heterocycles. The molecule has 10 heteroatoms. The van der Waals surface area contributed by atoms with Crippen molar-refractivity contribution in [3.05, 3.63) is 66.9 Å². The van der Waals surface area contributed by atoms with Crippen molar-refractivity contribution in [3.63, 3.8) is 0 Å². The third-order valence-electron chi connectivity index (χ3n) is 4.21. The third-order valence-corrected chi connectivity index (χ3v) is 5.56. The lowest BCUT2D eigenvalue weighted by Crippen LogP contribution is -2.14. The van der Waals surface area contributed by atoms with E-state index in [9.17, 15) is 13.7 Å². The normalized spacial score (nSPS) is 11.2. The van der Waals surface area contributed by atoms with E-state index in [1.807, 2.05) is 0 Å². The number of nitrogens with one attached hydrogen (secondary N) is 1. The molecule has 0 bridgehead atoms. The third kappa shape index (κ3) is 3.46. The van der Waals surface area contributed by atoms with Crippen LogP contribution in [-0.4, -0.2) is 35.1 Å². The van der Waals surface area contributed by atoms with E-state index in [4.69, 9.17) is 4.74 Å². The van der Waals surface area contributed by atoms with Crippen LogP contribution in [0.4, 0.5) is 5.69 Å². The molecule has 0 amide bonds. The van der Waals surface area contributed by atoms with Crippen molar-refractivity contribution in [1.82, 2.24) is 19.6 Å². The molecule has 29 heavy (non-hydrogen) atoms. The molecule has 0 unspecified atom stereocenters. The van der Waals surface area contributed by atoms with Crippen molar-refractivity contribution < 1.29 is 13.2 Å². The Hall–Kier alpha value is -3.97. The Labute approximate surface area is 166 Å². The summed E-state index contributed by atoms with van der Waals surface area (Å²) in [6.07, 6.45) is 7.51. The Morgan fingerprint density at radius 1 is 1.17 bits per heavy atom. The van der Waals surface area contributed by atoms with E-state index in [0.29, 0.717) is 16.6 Å². The fraction of sp³-hybridized carbons (Fsp3) is 0.0526. The summed E-state index contributed by atoms with van der Waals surface area (Å²) in [5, 5.41) is 13.3. The Morgan fingerprint density at radius 2 is 2.03 bits per heavy atom. The number of nitrogens with zero attached hydrogens (tertiary/aromatic N) is 5. The summed E-state index contributed by atoms with van der Waals surface area (Å²) in [5.41, 5.74) is 2.64. The summed E-state index contributed by atoms with van der Waals surface area (Å²) in [5.74, 6) is 0.129. The Balaban J connectivity index is 1.77. The summed E-state index contributed by atoms with van der Waals surface area (Å²) < 4.78 is 34.6. The molecular formula is C19H14N6O3S. The zero-order valence-corrected chi connectivity index (χ0v) is 16.0. The number of pyridine rings is 3. The van der Waals surface area contributed by atoms with Gasteiger partial charge >= 0.3 is 0 Å². The van der Waals surface area contributed by atoms with Crippen LogP contribution in [-0.2, 0) is 10.0 Å². The number of anilines is 1. The molecule has 4 rings (SSSR count). The van der Waals surface area contributed by atoms with Gasteiger partial charge in [-0.05, 0) is 35.9 Å². The molecule has 144 valence electrons. The van der Waals surface area contributed by atoms with Crippen LogP contribution in [0.2, 0.25) is 0 Å². The minimum absolute atomic E-state index is 0.0202. The molecule has 0 radical (unpaired) electrons. The largest absolute Gasteiger partial charge is 0.480 e. The fourth-order valence-corrected chi connectivity index (χ4v) is 3.81. The molecule has 0 atom stereocenters. The first-order chi connectivity index (χ1) is 14.0. The molecule has 1 N–H and O–H groups in total. The minimum atomic E-state index is -3.87. The predicted octanol–water partition coefficient (Wildman–Crippen LogP) is 2.47. The van der Waals surface area contributed by atoms with Crippen molar-refractivity contribution in [2.24, 2.45) is 0 Å². The summed E-state index contributed by atoms with van der Waals surface area (Å²) in [6, 6.07) is 10.3. The standard InChI is InChI=1S/C19H14N6O3S/c1-28-19-17(24-29(26,27)16-3-2-5-21-12-16)7-14(10-22-19)13-4-6-25-18(8-13)15(9-20)11-23-25/h2-8,10-12,24H,1H3. The number of hydrogen-bond acceptors (Lipinski definition) is 7. The number of aromatic nitrogens is 4. The highest BCUT2D eigenvalue weighted by molar-refractivity contribution is 7.92. The number of ether oxygens (including phenoxy) is 1. The van der Waals surface area contributed by atoms with Crippen LogP contribution >= 0.6 is 0 Å². The van der Waals surface area contributed by atoms with Crippen molar-refractivity contribution in [1.29, 1.82) is 5.26 Å². The van der Waals surface area contributed by atoms with Gasteiger partial charge in [0.1, 0.15) is 16.7 Å². The van der Waals surface area contributed by atoms with E-state index in [0.717, 1.165) is 5.56 Å². The van der Waals surface area contributed by atoms with Crippen LogP contribution in [0.5, 0.6) is 5.88 Å². The smallest absolute Gasteiger partial charge is 0.263 e. The van der Waals surface area contributed by atoms with Crippen molar-refractivity contribution >= 4 is 21.2 Å². The minimum Gasteiger partial charge on any atom is -0.480 e. The van der Waals surface area contributed by atoms with E-state index in [1.54, 1.807) is 35.1 Å². The Bertz CT molecular complexity index is 1340. The van der Waals surface area contributed by atoms with Gasteiger partial charge in [-0.3, -0.25) is 9.71 Å². The first kappa shape index (κ1) is 18.4. The van der Waals surface area contributed by atoms with E-state index in [-0.39, 0.29) is 16.5 Å². The van der Waals surface area contributed by atoms with Gasteiger partial charge in [-0.2, -0.15) is 10.4 Å². The molecule has 4 aromatic rings. The quantitative estimate of drug-likeness (QED) is 0.540. The van der Waals surface area contributed by atoms with Gasteiger partial charge in [0.15, 0.2) is 0 Å². The average Bonchev–Trinajstić information content (AvgIpc) is 3.16. The van der Waals surface area contributed by atoms with Gasteiger partial charge in [0.25, 0.3) is 10.0 Å². The van der Waals surface area contributed by atoms with Crippen LogP contribution in [0.1, 0.15) is 5.56 Å².